The van der Waals surface area contributed by atoms with E-state index in [2.05, 4.69) is 116 Å². The van der Waals surface area contributed by atoms with Gasteiger partial charge in [0, 0.05) is 6.42 Å². The average molecular weight is 983 g/mol. The Balaban J connectivity index is 3.82. The van der Waals surface area contributed by atoms with E-state index in [1.54, 1.807) is 0 Å². The maximum atomic E-state index is 12.8. The van der Waals surface area contributed by atoms with E-state index in [1.165, 1.54) is 109 Å². The summed E-state index contributed by atoms with van der Waals surface area (Å²) in [4.78, 5) is 25.3. The molecule has 0 aliphatic carbocycles. The Bertz CT molecular complexity index is 1440. The molecule has 0 spiro atoms. The molecule has 398 valence electrons. The summed E-state index contributed by atoms with van der Waals surface area (Å²) in [5.74, 6) is -0.173. The Morgan fingerprint density at radius 2 is 0.884 bits per heavy atom. The Morgan fingerprint density at radius 3 is 1.29 bits per heavy atom. The largest absolute Gasteiger partial charge is 0.756 e. The molecule has 0 aliphatic rings. The minimum absolute atomic E-state index is 0.00916. The van der Waals surface area contributed by atoms with Gasteiger partial charge in [-0.1, -0.05) is 239 Å². The Labute approximate surface area is 426 Å². The first-order valence-electron chi connectivity index (χ1n) is 28.1. The lowest BCUT2D eigenvalue weighted by Crippen LogP contribution is -2.46. The van der Waals surface area contributed by atoms with E-state index in [4.69, 9.17) is 9.05 Å². The first kappa shape index (κ1) is 66.4. The normalized spacial score (nSPS) is 14.7. The first-order valence-corrected chi connectivity index (χ1v) is 29.5. The van der Waals surface area contributed by atoms with Gasteiger partial charge in [-0.2, -0.15) is 0 Å². The molecular weight excluding hydrogens is 876 g/mol. The zero-order valence-electron chi connectivity index (χ0n) is 45.2. The quantitative estimate of drug-likeness (QED) is 0.0272. The van der Waals surface area contributed by atoms with Crippen LogP contribution in [0.1, 0.15) is 226 Å². The number of unbranched alkanes of at least 4 members (excludes halogenated alkanes) is 21. The zero-order chi connectivity index (χ0) is 50.6. The standard InChI is InChI=1S/C60H107N2O6P/c1-6-8-10-12-14-15-16-17-18-19-20-21-22-23-24-25-26-27-28-29-30-31-32-33-34-35-36-37-38-39-40-41-42-43-44-45-46-47-48-50-52-54-60(64)61-58(59(63)53-51-49-13-11-9-7-2)57-68-69(65,66)67-56-55-62(3,4)5/h8,10,14-15,17-18,20-21,23-24,26-27,29-30,32-33,58-59,63H,6-7,9,11-13,16,19,22,25,28,31,34-57H2,1-5H3,(H-,61,64,65,66)/b10-8-,15-14-,18-17-,21-20-,24-23-,27-26-,30-29-,33-32-. The molecule has 0 heterocycles. The fourth-order valence-corrected chi connectivity index (χ4v) is 8.43. The molecule has 0 rings (SSSR count). The van der Waals surface area contributed by atoms with Crippen LogP contribution in [0.25, 0.3) is 0 Å². The Hall–Kier alpha value is -2.58. The van der Waals surface area contributed by atoms with Crippen LogP contribution in [0.5, 0.6) is 0 Å². The van der Waals surface area contributed by atoms with Gasteiger partial charge in [0.2, 0.25) is 5.91 Å². The number of hydrogen-bond acceptors (Lipinski definition) is 6. The number of carbonyl (C=O) groups excluding carboxylic acids is 1. The lowest BCUT2D eigenvalue weighted by atomic mass is 10.0. The van der Waals surface area contributed by atoms with Crippen molar-refractivity contribution in [2.75, 3.05) is 40.9 Å². The van der Waals surface area contributed by atoms with Crippen molar-refractivity contribution >= 4 is 13.7 Å². The van der Waals surface area contributed by atoms with Gasteiger partial charge in [0.05, 0.1) is 39.9 Å². The molecular formula is C60H107N2O6P. The molecule has 2 N–H and O–H groups in total. The van der Waals surface area contributed by atoms with Crippen LogP contribution in [0.4, 0.5) is 0 Å². The second kappa shape index (κ2) is 50.4. The van der Waals surface area contributed by atoms with Crippen molar-refractivity contribution in [2.24, 2.45) is 0 Å². The minimum atomic E-state index is -4.56. The van der Waals surface area contributed by atoms with E-state index in [0.717, 1.165) is 89.9 Å². The van der Waals surface area contributed by atoms with Gasteiger partial charge in [-0.25, -0.2) is 0 Å². The van der Waals surface area contributed by atoms with Crippen LogP contribution >= 0.6 is 7.82 Å². The number of aliphatic hydroxyl groups excluding tert-OH is 1. The molecule has 8 nitrogen and oxygen atoms in total. The Kier molecular flexibility index (Phi) is 48.5. The van der Waals surface area contributed by atoms with Gasteiger partial charge < -0.3 is 28.8 Å². The molecule has 0 bridgehead atoms. The second-order valence-electron chi connectivity index (χ2n) is 19.9. The van der Waals surface area contributed by atoms with Gasteiger partial charge in [-0.3, -0.25) is 9.36 Å². The fraction of sp³-hybridized carbons (Fsp3) is 0.717. The van der Waals surface area contributed by atoms with Crippen LogP contribution in [0.15, 0.2) is 97.2 Å². The second-order valence-corrected chi connectivity index (χ2v) is 21.3. The highest BCUT2D eigenvalue weighted by Gasteiger charge is 2.24. The number of hydrogen-bond donors (Lipinski definition) is 2. The van der Waals surface area contributed by atoms with Crippen LogP contribution in [-0.2, 0) is 18.4 Å². The van der Waals surface area contributed by atoms with Crippen LogP contribution in [-0.4, -0.2) is 68.5 Å². The van der Waals surface area contributed by atoms with Crippen molar-refractivity contribution < 1.29 is 32.9 Å². The molecule has 0 saturated heterocycles. The van der Waals surface area contributed by atoms with Crippen molar-refractivity contribution in [3.63, 3.8) is 0 Å². The smallest absolute Gasteiger partial charge is 0.268 e. The predicted octanol–water partition coefficient (Wildman–Crippen LogP) is 16.4. The number of quaternary nitrogens is 1. The zero-order valence-corrected chi connectivity index (χ0v) is 46.1. The molecule has 3 atom stereocenters. The fourth-order valence-electron chi connectivity index (χ4n) is 7.70. The van der Waals surface area contributed by atoms with Crippen molar-refractivity contribution in [1.29, 1.82) is 0 Å². The number of amides is 1. The van der Waals surface area contributed by atoms with Gasteiger partial charge in [0.1, 0.15) is 13.2 Å². The predicted molar refractivity (Wildman–Crippen MR) is 297 cm³/mol. The minimum Gasteiger partial charge on any atom is -0.756 e. The summed E-state index contributed by atoms with van der Waals surface area (Å²) in [5.41, 5.74) is 0. The third kappa shape index (κ3) is 53.1. The van der Waals surface area contributed by atoms with Crippen LogP contribution < -0.4 is 10.2 Å². The molecule has 0 saturated carbocycles. The summed E-state index contributed by atoms with van der Waals surface area (Å²) < 4.78 is 23.2. The number of phosphoric ester groups is 1. The molecule has 0 aromatic carbocycles. The highest BCUT2D eigenvalue weighted by atomic mass is 31.2. The number of allylic oxidation sites excluding steroid dienone is 16. The maximum absolute atomic E-state index is 12.8. The van der Waals surface area contributed by atoms with E-state index >= 15 is 0 Å². The van der Waals surface area contributed by atoms with Crippen LogP contribution in [0, 0.1) is 0 Å². The van der Waals surface area contributed by atoms with Crippen molar-refractivity contribution in [1.82, 2.24) is 5.32 Å². The molecule has 0 fully saturated rings. The lowest BCUT2D eigenvalue weighted by Gasteiger charge is -2.30. The van der Waals surface area contributed by atoms with Crippen LogP contribution in [0.3, 0.4) is 0 Å². The number of carbonyl (C=O) groups is 1. The summed E-state index contributed by atoms with van der Waals surface area (Å²) in [6, 6.07) is -0.800. The molecule has 0 aromatic heterocycles. The number of nitrogens with zero attached hydrogens (tertiary/aromatic N) is 1. The summed E-state index contributed by atoms with van der Waals surface area (Å²) in [6.45, 7) is 4.53. The van der Waals surface area contributed by atoms with Gasteiger partial charge in [-0.15, -0.1) is 0 Å². The molecule has 69 heavy (non-hydrogen) atoms. The number of likely N-dealkylation sites (N-methyl/N-ethyl adjacent to an activating group) is 1. The van der Waals surface area contributed by atoms with Gasteiger partial charge in [-0.05, 0) is 77.0 Å². The van der Waals surface area contributed by atoms with Crippen molar-refractivity contribution in [2.45, 2.75) is 238 Å². The van der Waals surface area contributed by atoms with E-state index < -0.39 is 20.0 Å². The van der Waals surface area contributed by atoms with E-state index in [0.29, 0.717) is 23.9 Å². The summed E-state index contributed by atoms with van der Waals surface area (Å²) in [5, 5.41) is 13.8. The monoisotopic (exact) mass is 983 g/mol. The number of rotatable bonds is 50. The summed E-state index contributed by atoms with van der Waals surface area (Å²) in [7, 11) is 1.30. The van der Waals surface area contributed by atoms with Crippen molar-refractivity contribution in [3.8, 4) is 0 Å². The number of phosphoric acid groups is 1. The highest BCUT2D eigenvalue weighted by Crippen LogP contribution is 2.38. The van der Waals surface area contributed by atoms with Crippen LogP contribution in [0.2, 0.25) is 0 Å². The topological polar surface area (TPSA) is 108 Å². The lowest BCUT2D eigenvalue weighted by molar-refractivity contribution is -0.870. The third-order valence-corrected chi connectivity index (χ3v) is 13.1. The summed E-state index contributed by atoms with van der Waals surface area (Å²) >= 11 is 0. The maximum Gasteiger partial charge on any atom is 0.268 e. The van der Waals surface area contributed by atoms with Gasteiger partial charge >= 0.3 is 0 Å². The average Bonchev–Trinajstić information content (AvgIpc) is 3.31. The van der Waals surface area contributed by atoms with Gasteiger partial charge in [0.15, 0.2) is 0 Å². The van der Waals surface area contributed by atoms with Gasteiger partial charge in [0.25, 0.3) is 7.82 Å². The third-order valence-electron chi connectivity index (χ3n) is 12.1. The van der Waals surface area contributed by atoms with E-state index in [1.807, 2.05) is 21.1 Å². The molecule has 3 unspecified atom stereocenters. The molecule has 9 heteroatoms. The molecule has 1 amide bonds. The SMILES string of the molecule is CC/C=C\C/C=C\C/C=C\C/C=C\C/C=C\C/C=C\C/C=C\C/C=C\CCCCCCCCCCCCCCCCCCC(=O)NC(COP(=O)([O-])OCC[N+](C)(C)C)C(O)CCCCCCCC. The van der Waals surface area contributed by atoms with Crippen molar-refractivity contribution in [3.05, 3.63) is 97.2 Å². The number of aliphatic hydroxyl groups is 1. The first-order chi connectivity index (χ1) is 33.5. The van der Waals surface area contributed by atoms with E-state index in [9.17, 15) is 19.4 Å². The summed E-state index contributed by atoms with van der Waals surface area (Å²) in [6.07, 6.45) is 72.1. The van der Waals surface area contributed by atoms with E-state index in [-0.39, 0.29) is 19.1 Å². The number of nitrogens with one attached hydrogen (secondary N) is 1. The molecule has 0 aromatic rings. The highest BCUT2D eigenvalue weighted by molar-refractivity contribution is 7.45. The molecule has 0 radical (unpaired) electrons. The molecule has 0 aliphatic heterocycles. The Morgan fingerprint density at radius 1 is 0.522 bits per heavy atom.